The Morgan fingerprint density at radius 1 is 1.17 bits per heavy atom. The highest BCUT2D eigenvalue weighted by molar-refractivity contribution is 9.10. The van der Waals surface area contributed by atoms with Crippen molar-refractivity contribution >= 4 is 33.4 Å². The number of thioether (sulfide) groups is 1. The molecule has 0 aliphatic carbocycles. The molecule has 0 radical (unpaired) electrons. The number of ether oxygens (including phenoxy) is 1. The Kier molecular flexibility index (Phi) is 4.55. The fourth-order valence-electron chi connectivity index (χ4n) is 1.62. The molecule has 2 aromatic carbocycles. The molecular weight excluding hydrogens is 310 g/mol. The highest BCUT2D eigenvalue weighted by atomic mass is 79.9. The molecule has 94 valence electrons. The van der Waals surface area contributed by atoms with E-state index in [0.717, 1.165) is 32.1 Å². The minimum absolute atomic E-state index is 0.812. The lowest BCUT2D eigenvalue weighted by Crippen LogP contribution is -1.94. The minimum Gasteiger partial charge on any atom is -0.496 e. The zero-order chi connectivity index (χ0) is 13.0. The van der Waals surface area contributed by atoms with Gasteiger partial charge in [0, 0.05) is 20.8 Å². The van der Waals surface area contributed by atoms with E-state index in [1.165, 1.54) is 0 Å². The number of hydrogen-bond acceptors (Lipinski definition) is 3. The van der Waals surface area contributed by atoms with E-state index in [2.05, 4.69) is 22.0 Å². The lowest BCUT2D eigenvalue weighted by molar-refractivity contribution is 0.405. The van der Waals surface area contributed by atoms with Crippen LogP contribution in [0.1, 0.15) is 5.56 Å². The second kappa shape index (κ2) is 6.16. The van der Waals surface area contributed by atoms with Crippen molar-refractivity contribution in [2.75, 3.05) is 12.8 Å². The van der Waals surface area contributed by atoms with Crippen LogP contribution in [0.2, 0.25) is 0 Å². The van der Waals surface area contributed by atoms with Crippen LogP contribution in [0.5, 0.6) is 5.75 Å². The van der Waals surface area contributed by atoms with Crippen LogP contribution in [0.3, 0.4) is 0 Å². The average Bonchev–Trinajstić information content (AvgIpc) is 2.38. The van der Waals surface area contributed by atoms with Gasteiger partial charge in [0.1, 0.15) is 5.75 Å². The predicted octanol–water partition coefficient (Wildman–Crippen LogP) is 4.33. The number of rotatable bonds is 4. The first-order chi connectivity index (χ1) is 8.72. The summed E-state index contributed by atoms with van der Waals surface area (Å²) in [5.41, 5.74) is 7.91. The first-order valence-electron chi connectivity index (χ1n) is 5.51. The Labute approximate surface area is 120 Å². The third kappa shape index (κ3) is 3.00. The van der Waals surface area contributed by atoms with Crippen molar-refractivity contribution in [3.8, 4) is 5.75 Å². The second-order valence-electron chi connectivity index (χ2n) is 3.75. The molecule has 0 aliphatic heterocycles. The molecule has 2 aromatic rings. The van der Waals surface area contributed by atoms with E-state index in [9.17, 15) is 0 Å². The van der Waals surface area contributed by atoms with Gasteiger partial charge in [-0.15, -0.1) is 11.8 Å². The van der Waals surface area contributed by atoms with Crippen LogP contribution in [-0.4, -0.2) is 7.11 Å². The molecule has 4 heteroatoms. The standard InChI is InChI=1S/C14H14BrNOS/c1-17-13-7-2-3-8-14(13)18-9-10-11(15)5-4-6-12(10)16/h2-8H,9,16H2,1H3. The highest BCUT2D eigenvalue weighted by Gasteiger charge is 2.07. The van der Waals surface area contributed by atoms with Gasteiger partial charge >= 0.3 is 0 Å². The van der Waals surface area contributed by atoms with Gasteiger partial charge in [-0.1, -0.05) is 34.1 Å². The molecule has 0 heterocycles. The second-order valence-corrected chi connectivity index (χ2v) is 5.62. The summed E-state index contributed by atoms with van der Waals surface area (Å²) in [6, 6.07) is 13.9. The topological polar surface area (TPSA) is 35.2 Å². The van der Waals surface area contributed by atoms with E-state index in [1.807, 2.05) is 36.4 Å². The molecule has 0 bridgehead atoms. The Morgan fingerprint density at radius 2 is 1.94 bits per heavy atom. The quantitative estimate of drug-likeness (QED) is 0.671. The smallest absolute Gasteiger partial charge is 0.132 e. The van der Waals surface area contributed by atoms with Crippen LogP contribution >= 0.6 is 27.7 Å². The first-order valence-corrected chi connectivity index (χ1v) is 7.29. The molecule has 0 aromatic heterocycles. The molecular formula is C14H14BrNOS. The van der Waals surface area contributed by atoms with E-state index >= 15 is 0 Å². The molecule has 0 amide bonds. The van der Waals surface area contributed by atoms with E-state index in [1.54, 1.807) is 18.9 Å². The number of nitrogens with two attached hydrogens (primary N) is 1. The molecule has 0 fully saturated rings. The van der Waals surface area contributed by atoms with Gasteiger partial charge in [-0.25, -0.2) is 0 Å². The third-order valence-electron chi connectivity index (χ3n) is 2.60. The van der Waals surface area contributed by atoms with Crippen molar-refractivity contribution in [1.29, 1.82) is 0 Å². The number of methoxy groups -OCH3 is 1. The molecule has 0 saturated heterocycles. The summed E-state index contributed by atoms with van der Waals surface area (Å²) in [6.07, 6.45) is 0. The predicted molar refractivity (Wildman–Crippen MR) is 81.1 cm³/mol. The summed E-state index contributed by atoms with van der Waals surface area (Å²) in [5.74, 6) is 1.71. The summed E-state index contributed by atoms with van der Waals surface area (Å²) in [6.45, 7) is 0. The van der Waals surface area contributed by atoms with Crippen molar-refractivity contribution < 1.29 is 4.74 Å². The Hall–Kier alpha value is -1.13. The van der Waals surface area contributed by atoms with Gasteiger partial charge in [-0.3, -0.25) is 0 Å². The van der Waals surface area contributed by atoms with Gasteiger partial charge < -0.3 is 10.5 Å². The minimum atomic E-state index is 0.812. The SMILES string of the molecule is COc1ccccc1SCc1c(N)cccc1Br. The first kappa shape index (κ1) is 13.3. The molecule has 2 N–H and O–H groups in total. The molecule has 0 aliphatic rings. The monoisotopic (exact) mass is 323 g/mol. The number of para-hydroxylation sites is 1. The van der Waals surface area contributed by atoms with Gasteiger partial charge in [0.05, 0.1) is 7.11 Å². The van der Waals surface area contributed by atoms with Crippen molar-refractivity contribution in [3.63, 3.8) is 0 Å². The van der Waals surface area contributed by atoms with E-state index in [0.29, 0.717) is 0 Å². The Bertz CT molecular complexity index is 525. The maximum atomic E-state index is 5.98. The maximum Gasteiger partial charge on any atom is 0.132 e. The van der Waals surface area contributed by atoms with Gasteiger partial charge in [0.15, 0.2) is 0 Å². The molecule has 0 saturated carbocycles. The van der Waals surface area contributed by atoms with Gasteiger partial charge in [-0.2, -0.15) is 0 Å². The van der Waals surface area contributed by atoms with Gasteiger partial charge in [0.25, 0.3) is 0 Å². The highest BCUT2D eigenvalue weighted by Crippen LogP contribution is 2.34. The molecule has 0 spiro atoms. The molecule has 2 nitrogen and oxygen atoms in total. The average molecular weight is 324 g/mol. The van der Waals surface area contributed by atoms with Crippen LogP contribution in [0.4, 0.5) is 5.69 Å². The third-order valence-corrected chi connectivity index (χ3v) is 4.42. The van der Waals surface area contributed by atoms with Crippen LogP contribution in [0, 0.1) is 0 Å². The fraction of sp³-hybridized carbons (Fsp3) is 0.143. The number of anilines is 1. The Balaban J connectivity index is 2.16. The maximum absolute atomic E-state index is 5.98. The molecule has 0 unspecified atom stereocenters. The van der Waals surface area contributed by atoms with E-state index in [4.69, 9.17) is 10.5 Å². The Morgan fingerprint density at radius 3 is 2.67 bits per heavy atom. The lowest BCUT2D eigenvalue weighted by Gasteiger charge is -2.10. The number of hydrogen-bond donors (Lipinski definition) is 1. The molecule has 0 atom stereocenters. The van der Waals surface area contributed by atoms with E-state index < -0.39 is 0 Å². The number of benzene rings is 2. The molecule has 18 heavy (non-hydrogen) atoms. The number of halogens is 1. The summed E-state index contributed by atoms with van der Waals surface area (Å²) in [5, 5.41) is 0. The fourth-order valence-corrected chi connectivity index (χ4v) is 3.41. The van der Waals surface area contributed by atoms with Crippen LogP contribution in [0.15, 0.2) is 51.8 Å². The largest absolute Gasteiger partial charge is 0.496 e. The van der Waals surface area contributed by atoms with Crippen molar-refractivity contribution in [2.45, 2.75) is 10.6 Å². The van der Waals surface area contributed by atoms with Crippen molar-refractivity contribution in [2.24, 2.45) is 0 Å². The summed E-state index contributed by atoms with van der Waals surface area (Å²) in [4.78, 5) is 1.12. The lowest BCUT2D eigenvalue weighted by atomic mass is 10.2. The molecule has 2 rings (SSSR count). The summed E-state index contributed by atoms with van der Waals surface area (Å²) >= 11 is 5.25. The number of nitrogen functional groups attached to an aromatic ring is 1. The van der Waals surface area contributed by atoms with Gasteiger partial charge in [0.2, 0.25) is 0 Å². The van der Waals surface area contributed by atoms with Crippen LogP contribution in [-0.2, 0) is 5.75 Å². The van der Waals surface area contributed by atoms with Gasteiger partial charge in [-0.05, 0) is 29.8 Å². The summed E-state index contributed by atoms with van der Waals surface area (Å²) < 4.78 is 6.38. The zero-order valence-electron chi connectivity index (χ0n) is 10.0. The van der Waals surface area contributed by atoms with Crippen LogP contribution < -0.4 is 10.5 Å². The normalized spacial score (nSPS) is 10.3. The van der Waals surface area contributed by atoms with Crippen molar-refractivity contribution in [3.05, 3.63) is 52.5 Å². The van der Waals surface area contributed by atoms with Crippen LogP contribution in [0.25, 0.3) is 0 Å². The summed E-state index contributed by atoms with van der Waals surface area (Å²) in [7, 11) is 1.69. The van der Waals surface area contributed by atoms with Crippen molar-refractivity contribution in [1.82, 2.24) is 0 Å². The van der Waals surface area contributed by atoms with E-state index in [-0.39, 0.29) is 0 Å². The zero-order valence-corrected chi connectivity index (χ0v) is 12.4.